The van der Waals surface area contributed by atoms with Crippen molar-refractivity contribution in [2.75, 3.05) is 7.11 Å². The Balaban J connectivity index is 1.56. The normalized spacial score (nSPS) is 23.1. The number of methoxy groups -OCH3 is 1. The summed E-state index contributed by atoms with van der Waals surface area (Å²) in [5.74, 6) is 0.961. The summed E-state index contributed by atoms with van der Waals surface area (Å²) in [6.45, 7) is 0. The largest absolute Gasteiger partial charge is 0.497 e. The smallest absolute Gasteiger partial charge is 0.252 e. The SMILES string of the molecule is COc1ccc(C2c3[nH]c4ccc(Br)cc4c3CC3C(=O)N(C4CC4)C(=S)N32)cc1. The van der Waals surface area contributed by atoms with Gasteiger partial charge in [0.05, 0.1) is 13.2 Å². The third kappa shape index (κ3) is 2.58. The van der Waals surface area contributed by atoms with E-state index in [1.165, 1.54) is 10.9 Å². The minimum atomic E-state index is -0.254. The molecule has 1 N–H and O–H groups in total. The highest BCUT2D eigenvalue weighted by atomic mass is 79.9. The molecule has 0 radical (unpaired) electrons. The maximum Gasteiger partial charge on any atom is 0.252 e. The van der Waals surface area contributed by atoms with Gasteiger partial charge in [-0.15, -0.1) is 0 Å². The average Bonchev–Trinajstić information content (AvgIpc) is 3.48. The molecule has 0 spiro atoms. The molecule has 1 aliphatic carbocycles. The van der Waals surface area contributed by atoms with E-state index in [2.05, 4.69) is 50.1 Å². The lowest BCUT2D eigenvalue weighted by Gasteiger charge is -2.37. The van der Waals surface area contributed by atoms with Crippen LogP contribution in [0.25, 0.3) is 10.9 Å². The van der Waals surface area contributed by atoms with Crippen LogP contribution < -0.4 is 4.74 Å². The zero-order chi connectivity index (χ0) is 20.6. The summed E-state index contributed by atoms with van der Waals surface area (Å²) in [6, 6.07) is 14.2. The van der Waals surface area contributed by atoms with E-state index in [9.17, 15) is 4.79 Å². The van der Waals surface area contributed by atoms with Gasteiger partial charge in [-0.3, -0.25) is 9.69 Å². The first-order valence-electron chi connectivity index (χ1n) is 10.2. The van der Waals surface area contributed by atoms with E-state index in [4.69, 9.17) is 17.0 Å². The number of nitrogens with one attached hydrogen (secondary N) is 1. The van der Waals surface area contributed by atoms with Crippen LogP contribution in [-0.4, -0.2) is 45.0 Å². The lowest BCUT2D eigenvalue weighted by atomic mass is 9.89. The number of fused-ring (bicyclic) bond motifs is 4. The average molecular weight is 482 g/mol. The van der Waals surface area contributed by atoms with E-state index < -0.39 is 0 Å². The fraction of sp³-hybridized carbons (Fsp3) is 0.304. The van der Waals surface area contributed by atoms with Crippen molar-refractivity contribution >= 4 is 50.1 Å². The van der Waals surface area contributed by atoms with Crippen LogP contribution in [0.4, 0.5) is 0 Å². The molecule has 1 saturated heterocycles. The van der Waals surface area contributed by atoms with Crippen molar-refractivity contribution in [1.29, 1.82) is 0 Å². The van der Waals surface area contributed by atoms with Gasteiger partial charge in [-0.2, -0.15) is 0 Å². The number of aromatic nitrogens is 1. The van der Waals surface area contributed by atoms with Gasteiger partial charge in [0.2, 0.25) is 0 Å². The number of rotatable bonds is 3. The van der Waals surface area contributed by atoms with Crippen molar-refractivity contribution < 1.29 is 9.53 Å². The second kappa shape index (κ2) is 6.56. The molecule has 152 valence electrons. The highest BCUT2D eigenvalue weighted by Gasteiger charge is 2.53. The Morgan fingerprint density at radius 3 is 2.63 bits per heavy atom. The van der Waals surface area contributed by atoms with Crippen molar-refractivity contribution in [1.82, 2.24) is 14.8 Å². The molecular formula is C23H20BrN3O2S. The summed E-state index contributed by atoms with van der Waals surface area (Å²) in [7, 11) is 1.67. The highest BCUT2D eigenvalue weighted by Crippen LogP contribution is 2.46. The third-order valence-electron chi connectivity index (χ3n) is 6.48. The molecule has 30 heavy (non-hydrogen) atoms. The maximum atomic E-state index is 13.4. The first kappa shape index (κ1) is 18.4. The number of hydrogen-bond acceptors (Lipinski definition) is 3. The van der Waals surface area contributed by atoms with Gasteiger partial charge in [-0.1, -0.05) is 28.1 Å². The standard InChI is InChI=1S/C23H20BrN3O2S/c1-29-15-7-2-12(3-8-15)21-20-17(16-10-13(24)4-9-18(16)25-20)11-19-22(28)26(14-5-6-14)23(30)27(19)21/h2-4,7-10,14,19,21,25H,5-6,11H2,1H3. The minimum absolute atomic E-state index is 0.129. The molecule has 2 fully saturated rings. The molecule has 2 unspecified atom stereocenters. The van der Waals surface area contributed by atoms with Gasteiger partial charge in [0.15, 0.2) is 5.11 Å². The molecule has 0 bridgehead atoms. The molecule has 1 aromatic heterocycles. The van der Waals surface area contributed by atoms with Gasteiger partial charge in [-0.05, 0) is 66.5 Å². The first-order valence-corrected chi connectivity index (χ1v) is 11.4. The van der Waals surface area contributed by atoms with Crippen molar-refractivity contribution in [2.24, 2.45) is 0 Å². The lowest BCUT2D eigenvalue weighted by molar-refractivity contribution is -0.128. The Bertz CT molecular complexity index is 1200. The molecule has 7 heteroatoms. The van der Waals surface area contributed by atoms with Gasteiger partial charge in [-0.25, -0.2) is 0 Å². The monoisotopic (exact) mass is 481 g/mol. The molecule has 2 aromatic carbocycles. The number of nitrogens with zero attached hydrogens (tertiary/aromatic N) is 2. The van der Waals surface area contributed by atoms with Crippen LogP contribution in [0.1, 0.15) is 35.7 Å². The molecule has 2 atom stereocenters. The van der Waals surface area contributed by atoms with Crippen molar-refractivity contribution in [2.45, 2.75) is 37.4 Å². The van der Waals surface area contributed by atoms with E-state index in [-0.39, 0.29) is 24.0 Å². The van der Waals surface area contributed by atoms with E-state index in [1.807, 2.05) is 23.1 Å². The molecule has 5 nitrogen and oxygen atoms in total. The summed E-state index contributed by atoms with van der Waals surface area (Å²) in [4.78, 5) is 21.1. The Labute approximate surface area is 188 Å². The fourth-order valence-corrected chi connectivity index (χ4v) is 5.75. The summed E-state index contributed by atoms with van der Waals surface area (Å²) >= 11 is 9.47. The number of hydrogen-bond donors (Lipinski definition) is 1. The Morgan fingerprint density at radius 1 is 1.17 bits per heavy atom. The lowest BCUT2D eigenvalue weighted by Crippen LogP contribution is -2.44. The van der Waals surface area contributed by atoms with Gasteiger partial charge < -0.3 is 14.6 Å². The van der Waals surface area contributed by atoms with Crippen LogP contribution in [0.5, 0.6) is 5.75 Å². The van der Waals surface area contributed by atoms with Gasteiger partial charge >= 0.3 is 0 Å². The van der Waals surface area contributed by atoms with Crippen LogP contribution in [0.2, 0.25) is 0 Å². The molecule has 2 aliphatic heterocycles. The number of halogens is 1. The Hall–Kier alpha value is -2.38. The summed E-state index contributed by atoms with van der Waals surface area (Å²) in [5.41, 5.74) is 4.51. The Morgan fingerprint density at radius 2 is 1.93 bits per heavy atom. The predicted molar refractivity (Wildman–Crippen MR) is 123 cm³/mol. The predicted octanol–water partition coefficient (Wildman–Crippen LogP) is 4.54. The van der Waals surface area contributed by atoms with Crippen molar-refractivity contribution in [3.8, 4) is 5.75 Å². The quantitative estimate of drug-likeness (QED) is 0.557. The number of H-pyrrole nitrogens is 1. The van der Waals surface area contributed by atoms with E-state index >= 15 is 0 Å². The van der Waals surface area contributed by atoms with Crippen LogP contribution in [0.15, 0.2) is 46.9 Å². The molecule has 1 amide bonds. The number of amides is 1. The number of carbonyl (C=O) groups excluding carboxylic acids is 1. The van der Waals surface area contributed by atoms with Crippen LogP contribution >= 0.6 is 28.1 Å². The zero-order valence-electron chi connectivity index (χ0n) is 16.4. The van der Waals surface area contributed by atoms with E-state index in [1.54, 1.807) is 7.11 Å². The molecule has 3 aliphatic rings. The van der Waals surface area contributed by atoms with Crippen LogP contribution in [-0.2, 0) is 11.2 Å². The third-order valence-corrected chi connectivity index (χ3v) is 7.38. The minimum Gasteiger partial charge on any atom is -0.497 e. The van der Waals surface area contributed by atoms with Crippen LogP contribution in [0.3, 0.4) is 0 Å². The molecule has 3 heterocycles. The number of aromatic amines is 1. The van der Waals surface area contributed by atoms with Crippen LogP contribution in [0, 0.1) is 0 Å². The van der Waals surface area contributed by atoms with E-state index in [0.29, 0.717) is 11.5 Å². The molecule has 1 saturated carbocycles. The summed E-state index contributed by atoms with van der Waals surface area (Å²) in [6.07, 6.45) is 2.75. The zero-order valence-corrected chi connectivity index (χ0v) is 18.8. The molecule has 3 aromatic rings. The van der Waals surface area contributed by atoms with Crippen molar-refractivity contribution in [3.63, 3.8) is 0 Å². The van der Waals surface area contributed by atoms with Crippen molar-refractivity contribution in [3.05, 3.63) is 63.8 Å². The maximum absolute atomic E-state index is 13.4. The topological polar surface area (TPSA) is 48.6 Å². The fourth-order valence-electron chi connectivity index (χ4n) is 4.92. The second-order valence-electron chi connectivity index (χ2n) is 8.23. The van der Waals surface area contributed by atoms with E-state index in [0.717, 1.165) is 39.8 Å². The second-order valence-corrected chi connectivity index (χ2v) is 9.51. The number of carbonyl (C=O) groups is 1. The molecular weight excluding hydrogens is 462 g/mol. The summed E-state index contributed by atoms with van der Waals surface area (Å²) < 4.78 is 6.39. The Kier molecular flexibility index (Phi) is 4.02. The number of ether oxygens (including phenoxy) is 1. The van der Waals surface area contributed by atoms with Gasteiger partial charge in [0.1, 0.15) is 11.8 Å². The van der Waals surface area contributed by atoms with Gasteiger partial charge in [0.25, 0.3) is 5.91 Å². The molecule has 6 rings (SSSR count). The van der Waals surface area contributed by atoms with Gasteiger partial charge in [0, 0.05) is 33.5 Å². The number of thiocarbonyl (C=S) groups is 1. The highest BCUT2D eigenvalue weighted by molar-refractivity contribution is 9.10. The first-order chi connectivity index (χ1) is 14.6. The summed E-state index contributed by atoms with van der Waals surface area (Å²) in [5, 5.41) is 1.83. The number of benzene rings is 2.